The van der Waals surface area contributed by atoms with Crippen LogP contribution in [0.3, 0.4) is 0 Å². The van der Waals surface area contributed by atoms with Crippen LogP contribution < -0.4 is 5.32 Å². The summed E-state index contributed by atoms with van der Waals surface area (Å²) in [5, 5.41) is 20.3. The van der Waals surface area contributed by atoms with E-state index in [1.807, 2.05) is 6.07 Å². The number of anilines is 1. The fraction of sp³-hybridized carbons (Fsp3) is 0.200. The van der Waals surface area contributed by atoms with E-state index in [2.05, 4.69) is 5.32 Å². The standard InChI is InChI=1S/C10H10N2O2/c1-7(13)12-9-3-2-8(4-5-11)6-10(9)14/h2-3,6,14H,4H2,1H3,(H,12,13). The number of carbonyl (C=O) groups excluding carboxylic acids is 1. The van der Waals surface area contributed by atoms with E-state index in [1.54, 1.807) is 12.1 Å². The smallest absolute Gasteiger partial charge is 0.221 e. The zero-order valence-electron chi connectivity index (χ0n) is 7.74. The molecular weight excluding hydrogens is 180 g/mol. The van der Waals surface area contributed by atoms with Gasteiger partial charge >= 0.3 is 0 Å². The Kier molecular flexibility index (Phi) is 3.08. The lowest BCUT2D eigenvalue weighted by atomic mass is 10.1. The number of aromatic hydroxyl groups is 1. The molecule has 0 fully saturated rings. The first-order valence-electron chi connectivity index (χ1n) is 4.10. The predicted molar refractivity (Wildman–Crippen MR) is 51.7 cm³/mol. The van der Waals surface area contributed by atoms with E-state index >= 15 is 0 Å². The minimum absolute atomic E-state index is 0.0204. The highest BCUT2D eigenvalue weighted by molar-refractivity contribution is 5.90. The lowest BCUT2D eigenvalue weighted by Gasteiger charge is -2.05. The molecule has 0 aliphatic heterocycles. The highest BCUT2D eigenvalue weighted by Gasteiger charge is 2.03. The molecule has 0 spiro atoms. The average molecular weight is 190 g/mol. The van der Waals surface area contributed by atoms with Crippen LogP contribution in [0.2, 0.25) is 0 Å². The van der Waals surface area contributed by atoms with E-state index in [-0.39, 0.29) is 18.1 Å². The van der Waals surface area contributed by atoms with Crippen LogP contribution in [0.5, 0.6) is 5.75 Å². The van der Waals surface area contributed by atoms with Gasteiger partial charge in [0.25, 0.3) is 0 Å². The Morgan fingerprint density at radius 1 is 1.64 bits per heavy atom. The molecular formula is C10H10N2O2. The van der Waals surface area contributed by atoms with Crippen molar-refractivity contribution in [3.05, 3.63) is 23.8 Å². The molecule has 14 heavy (non-hydrogen) atoms. The second kappa shape index (κ2) is 4.28. The molecule has 4 heteroatoms. The summed E-state index contributed by atoms with van der Waals surface area (Å²) in [4.78, 5) is 10.7. The molecule has 0 aliphatic rings. The van der Waals surface area contributed by atoms with E-state index in [1.165, 1.54) is 13.0 Å². The van der Waals surface area contributed by atoms with Gasteiger partial charge in [0.15, 0.2) is 0 Å². The highest BCUT2D eigenvalue weighted by Crippen LogP contribution is 2.24. The Morgan fingerprint density at radius 3 is 2.86 bits per heavy atom. The van der Waals surface area contributed by atoms with Gasteiger partial charge in [0, 0.05) is 6.92 Å². The summed E-state index contributed by atoms with van der Waals surface area (Å²) in [7, 11) is 0. The van der Waals surface area contributed by atoms with Crippen LogP contribution in [-0.4, -0.2) is 11.0 Å². The van der Waals surface area contributed by atoms with Gasteiger partial charge in [-0.3, -0.25) is 4.79 Å². The van der Waals surface area contributed by atoms with Gasteiger partial charge in [0.05, 0.1) is 18.2 Å². The third-order valence-electron chi connectivity index (χ3n) is 1.66. The summed E-state index contributed by atoms with van der Waals surface area (Å²) in [6, 6.07) is 6.70. The molecule has 0 heterocycles. The van der Waals surface area contributed by atoms with Crippen LogP contribution in [0.25, 0.3) is 0 Å². The van der Waals surface area contributed by atoms with Crippen LogP contribution in [0, 0.1) is 11.3 Å². The normalized spacial score (nSPS) is 9.14. The highest BCUT2D eigenvalue weighted by atomic mass is 16.3. The van der Waals surface area contributed by atoms with Gasteiger partial charge in [-0.15, -0.1) is 0 Å². The monoisotopic (exact) mass is 190 g/mol. The molecule has 0 bridgehead atoms. The SMILES string of the molecule is CC(=O)Nc1ccc(CC#N)cc1O. The van der Waals surface area contributed by atoms with E-state index in [0.29, 0.717) is 5.69 Å². The molecule has 4 nitrogen and oxygen atoms in total. The van der Waals surface area contributed by atoms with Crippen LogP contribution in [0.1, 0.15) is 12.5 Å². The summed E-state index contributed by atoms with van der Waals surface area (Å²) < 4.78 is 0. The quantitative estimate of drug-likeness (QED) is 0.692. The number of amides is 1. The van der Waals surface area contributed by atoms with Gasteiger partial charge in [-0.2, -0.15) is 5.26 Å². The van der Waals surface area contributed by atoms with E-state index in [0.717, 1.165) is 5.56 Å². The summed E-state index contributed by atoms with van der Waals surface area (Å²) >= 11 is 0. The summed E-state index contributed by atoms with van der Waals surface area (Å²) in [6.45, 7) is 1.36. The number of rotatable bonds is 2. The molecule has 0 atom stereocenters. The number of hydrogen-bond donors (Lipinski definition) is 2. The lowest BCUT2D eigenvalue weighted by Crippen LogP contribution is -2.05. The third-order valence-corrected chi connectivity index (χ3v) is 1.66. The topological polar surface area (TPSA) is 73.1 Å². The Morgan fingerprint density at radius 2 is 2.36 bits per heavy atom. The molecule has 1 aromatic rings. The Balaban J connectivity index is 2.90. The van der Waals surface area contributed by atoms with E-state index in [4.69, 9.17) is 5.26 Å². The minimum Gasteiger partial charge on any atom is -0.506 e. The molecule has 0 radical (unpaired) electrons. The van der Waals surface area contributed by atoms with Crippen LogP contribution >= 0.6 is 0 Å². The minimum atomic E-state index is -0.242. The first-order valence-corrected chi connectivity index (χ1v) is 4.10. The zero-order valence-corrected chi connectivity index (χ0v) is 7.74. The number of benzene rings is 1. The van der Waals surface area contributed by atoms with Crippen LogP contribution in [0.4, 0.5) is 5.69 Å². The molecule has 1 aromatic carbocycles. The van der Waals surface area contributed by atoms with E-state index < -0.39 is 0 Å². The van der Waals surface area contributed by atoms with Gasteiger partial charge in [-0.1, -0.05) is 6.07 Å². The fourth-order valence-corrected chi connectivity index (χ4v) is 1.07. The molecule has 0 saturated heterocycles. The summed E-state index contributed by atoms with van der Waals surface area (Å²) in [5.41, 5.74) is 1.08. The molecule has 0 saturated carbocycles. The number of nitrogens with one attached hydrogen (secondary N) is 1. The summed E-state index contributed by atoms with van der Waals surface area (Å²) in [5.74, 6) is -0.263. The van der Waals surface area contributed by atoms with Crippen molar-refractivity contribution in [1.82, 2.24) is 0 Å². The number of phenols is 1. The molecule has 0 unspecified atom stereocenters. The number of nitrogens with zero attached hydrogens (tertiary/aromatic N) is 1. The van der Waals surface area contributed by atoms with Gasteiger partial charge in [0.2, 0.25) is 5.91 Å². The largest absolute Gasteiger partial charge is 0.506 e. The predicted octanol–water partition coefficient (Wildman–Crippen LogP) is 1.42. The molecule has 0 aliphatic carbocycles. The molecule has 2 N–H and O–H groups in total. The second-order valence-corrected chi connectivity index (χ2v) is 2.87. The van der Waals surface area contributed by atoms with Crippen molar-refractivity contribution in [2.24, 2.45) is 0 Å². The van der Waals surface area contributed by atoms with Crippen molar-refractivity contribution in [2.45, 2.75) is 13.3 Å². The maximum Gasteiger partial charge on any atom is 0.221 e. The van der Waals surface area contributed by atoms with Crippen LogP contribution in [0.15, 0.2) is 18.2 Å². The van der Waals surface area contributed by atoms with Crippen molar-refractivity contribution in [2.75, 3.05) is 5.32 Å². The fourth-order valence-electron chi connectivity index (χ4n) is 1.07. The van der Waals surface area contributed by atoms with Crippen molar-refractivity contribution < 1.29 is 9.90 Å². The van der Waals surface area contributed by atoms with Gasteiger partial charge in [-0.25, -0.2) is 0 Å². The van der Waals surface area contributed by atoms with Gasteiger partial charge in [0.1, 0.15) is 5.75 Å². The Bertz CT molecular complexity index is 394. The lowest BCUT2D eigenvalue weighted by molar-refractivity contribution is -0.114. The first-order chi connectivity index (χ1) is 6.63. The van der Waals surface area contributed by atoms with Crippen molar-refractivity contribution in [3.8, 4) is 11.8 Å². The molecule has 1 rings (SSSR count). The first kappa shape index (κ1) is 10.1. The summed E-state index contributed by atoms with van der Waals surface area (Å²) in [6.07, 6.45) is 0.244. The van der Waals surface area contributed by atoms with Gasteiger partial charge in [-0.05, 0) is 17.7 Å². The Labute approximate surface area is 81.8 Å². The Hall–Kier alpha value is -2.02. The molecule has 1 amide bonds. The average Bonchev–Trinajstić information content (AvgIpc) is 2.10. The van der Waals surface area contributed by atoms with Crippen LogP contribution in [-0.2, 0) is 11.2 Å². The maximum atomic E-state index is 10.7. The van der Waals surface area contributed by atoms with Crippen molar-refractivity contribution in [1.29, 1.82) is 5.26 Å². The second-order valence-electron chi connectivity index (χ2n) is 2.87. The van der Waals surface area contributed by atoms with Crippen molar-refractivity contribution in [3.63, 3.8) is 0 Å². The van der Waals surface area contributed by atoms with Crippen molar-refractivity contribution >= 4 is 11.6 Å². The third kappa shape index (κ3) is 2.49. The maximum absolute atomic E-state index is 10.7. The van der Waals surface area contributed by atoms with Gasteiger partial charge < -0.3 is 10.4 Å². The molecule has 72 valence electrons. The number of phenolic OH excluding ortho intramolecular Hbond substituents is 1. The number of hydrogen-bond acceptors (Lipinski definition) is 3. The number of carbonyl (C=O) groups is 1. The van der Waals surface area contributed by atoms with E-state index in [9.17, 15) is 9.90 Å². The molecule has 0 aromatic heterocycles. The zero-order chi connectivity index (χ0) is 10.6. The number of nitriles is 1.